The molecule has 3 nitrogen and oxygen atoms in total. The van der Waals surface area contributed by atoms with Crippen molar-refractivity contribution < 1.29 is 4.79 Å². The van der Waals surface area contributed by atoms with Crippen molar-refractivity contribution in [3.63, 3.8) is 0 Å². The maximum absolute atomic E-state index is 10.6. The zero-order valence-electron chi connectivity index (χ0n) is 8.84. The number of amides is 1. The van der Waals surface area contributed by atoms with Crippen LogP contribution in [0.1, 0.15) is 18.9 Å². The third kappa shape index (κ3) is 4.77. The van der Waals surface area contributed by atoms with Crippen molar-refractivity contribution in [2.45, 2.75) is 13.3 Å². The molecule has 1 aromatic rings. The fraction of sp³-hybridized carbons (Fsp3) is 0.273. The Hall–Kier alpha value is -0.870. The van der Waals surface area contributed by atoms with Crippen LogP contribution in [0.4, 0.5) is 0 Å². The quantitative estimate of drug-likeness (QED) is 0.686. The maximum Gasteiger partial charge on any atom is 0.216 e. The number of hydrogen-bond donors (Lipinski definition) is 1. The van der Waals surface area contributed by atoms with Crippen molar-refractivity contribution >= 4 is 39.5 Å². The first-order valence-electron chi connectivity index (χ1n) is 4.81. The first-order chi connectivity index (χ1) is 7.59. The number of carbonyl (C=O) groups is 1. The standard InChI is InChI=1S/C11H12BrClN2O/c1-8(16)14-5-3-2-4-9-6-11(13)15-7-10(9)12/h2,4,6-7H,3,5H2,1H3,(H,14,16). The Morgan fingerprint density at radius 1 is 1.69 bits per heavy atom. The van der Waals surface area contributed by atoms with E-state index in [1.54, 1.807) is 12.3 Å². The molecule has 1 N–H and O–H groups in total. The Bertz CT molecular complexity index is 407. The number of hydrogen-bond acceptors (Lipinski definition) is 2. The second-order valence-electron chi connectivity index (χ2n) is 3.20. The molecule has 0 radical (unpaired) electrons. The summed E-state index contributed by atoms with van der Waals surface area (Å²) in [7, 11) is 0. The van der Waals surface area contributed by atoms with E-state index < -0.39 is 0 Å². The number of nitrogens with one attached hydrogen (secondary N) is 1. The lowest BCUT2D eigenvalue weighted by atomic mass is 10.2. The van der Waals surface area contributed by atoms with E-state index in [-0.39, 0.29) is 5.91 Å². The molecule has 86 valence electrons. The molecule has 0 aromatic carbocycles. The molecule has 5 heteroatoms. The molecule has 1 rings (SSSR count). The third-order valence-electron chi connectivity index (χ3n) is 1.83. The van der Waals surface area contributed by atoms with Gasteiger partial charge in [0.1, 0.15) is 5.15 Å². The van der Waals surface area contributed by atoms with Gasteiger partial charge in [0.2, 0.25) is 5.91 Å². The van der Waals surface area contributed by atoms with Crippen LogP contribution in [0, 0.1) is 0 Å². The predicted octanol–water partition coefficient (Wildman–Crippen LogP) is 3.04. The number of pyridine rings is 1. The topological polar surface area (TPSA) is 42.0 Å². The van der Waals surface area contributed by atoms with Gasteiger partial charge in [-0.3, -0.25) is 4.79 Å². The molecule has 1 amide bonds. The Balaban J connectivity index is 2.49. The van der Waals surface area contributed by atoms with Gasteiger partial charge in [0, 0.05) is 24.1 Å². The summed E-state index contributed by atoms with van der Waals surface area (Å²) in [6, 6.07) is 1.78. The van der Waals surface area contributed by atoms with Crippen molar-refractivity contribution in [1.29, 1.82) is 0 Å². The van der Waals surface area contributed by atoms with Crippen LogP contribution in [-0.4, -0.2) is 17.4 Å². The van der Waals surface area contributed by atoms with E-state index in [0.29, 0.717) is 11.7 Å². The molecule has 1 aromatic heterocycles. The van der Waals surface area contributed by atoms with Gasteiger partial charge in [0.05, 0.1) is 0 Å². The molecule has 0 aliphatic carbocycles. The van der Waals surface area contributed by atoms with Crippen LogP contribution >= 0.6 is 27.5 Å². The van der Waals surface area contributed by atoms with Crippen LogP contribution in [0.5, 0.6) is 0 Å². The molecular weight excluding hydrogens is 291 g/mol. The summed E-state index contributed by atoms with van der Waals surface area (Å²) in [6.07, 6.45) is 6.37. The second-order valence-corrected chi connectivity index (χ2v) is 4.44. The van der Waals surface area contributed by atoms with E-state index >= 15 is 0 Å². The number of carbonyl (C=O) groups excluding carboxylic acids is 1. The van der Waals surface area contributed by atoms with Gasteiger partial charge in [-0.15, -0.1) is 0 Å². The van der Waals surface area contributed by atoms with Crippen molar-refractivity contribution in [2.75, 3.05) is 6.54 Å². The highest BCUT2D eigenvalue weighted by atomic mass is 79.9. The van der Waals surface area contributed by atoms with Gasteiger partial charge in [0.15, 0.2) is 0 Å². The van der Waals surface area contributed by atoms with E-state index in [0.717, 1.165) is 16.5 Å². The van der Waals surface area contributed by atoms with Crippen molar-refractivity contribution in [2.24, 2.45) is 0 Å². The average Bonchev–Trinajstić information content (AvgIpc) is 2.22. The Labute approximate surface area is 108 Å². The summed E-state index contributed by atoms with van der Waals surface area (Å²) in [5, 5.41) is 3.18. The lowest BCUT2D eigenvalue weighted by molar-refractivity contribution is -0.118. The highest BCUT2D eigenvalue weighted by Gasteiger charge is 1.97. The molecule has 1 heterocycles. The van der Waals surface area contributed by atoms with E-state index in [4.69, 9.17) is 11.6 Å². The third-order valence-corrected chi connectivity index (χ3v) is 2.70. The monoisotopic (exact) mass is 302 g/mol. The minimum Gasteiger partial charge on any atom is -0.356 e. The molecule has 0 atom stereocenters. The van der Waals surface area contributed by atoms with E-state index in [1.165, 1.54) is 6.92 Å². The normalized spacial score (nSPS) is 10.7. The predicted molar refractivity (Wildman–Crippen MR) is 69.3 cm³/mol. The molecule has 0 aliphatic heterocycles. The Kier molecular flexibility index (Phi) is 5.49. The van der Waals surface area contributed by atoms with Crippen LogP contribution in [0.3, 0.4) is 0 Å². The Morgan fingerprint density at radius 3 is 3.12 bits per heavy atom. The fourth-order valence-electron chi connectivity index (χ4n) is 1.10. The molecule has 0 saturated carbocycles. The van der Waals surface area contributed by atoms with Crippen LogP contribution in [0.15, 0.2) is 22.8 Å². The molecule has 0 bridgehead atoms. The molecule has 0 unspecified atom stereocenters. The van der Waals surface area contributed by atoms with Crippen molar-refractivity contribution in [3.8, 4) is 0 Å². The number of aromatic nitrogens is 1. The molecule has 0 spiro atoms. The van der Waals surface area contributed by atoms with Gasteiger partial charge in [-0.1, -0.05) is 23.8 Å². The lowest BCUT2D eigenvalue weighted by Gasteiger charge is -1.99. The summed E-state index contributed by atoms with van der Waals surface area (Å²) in [5.74, 6) is -0.0125. The zero-order chi connectivity index (χ0) is 12.0. The van der Waals surface area contributed by atoms with Crippen LogP contribution < -0.4 is 5.32 Å². The van der Waals surface area contributed by atoms with Gasteiger partial charge in [-0.05, 0) is 34.0 Å². The second kappa shape index (κ2) is 6.66. The first-order valence-corrected chi connectivity index (χ1v) is 5.98. The fourth-order valence-corrected chi connectivity index (χ4v) is 1.61. The zero-order valence-corrected chi connectivity index (χ0v) is 11.2. The minimum atomic E-state index is -0.0125. The summed E-state index contributed by atoms with van der Waals surface area (Å²) >= 11 is 9.16. The van der Waals surface area contributed by atoms with Crippen LogP contribution in [0.2, 0.25) is 5.15 Å². The summed E-state index contributed by atoms with van der Waals surface area (Å²) in [4.78, 5) is 14.5. The molecule has 0 saturated heterocycles. The lowest BCUT2D eigenvalue weighted by Crippen LogP contribution is -2.20. The van der Waals surface area contributed by atoms with Gasteiger partial charge in [0.25, 0.3) is 0 Å². The van der Waals surface area contributed by atoms with E-state index in [1.807, 2.05) is 12.2 Å². The largest absolute Gasteiger partial charge is 0.356 e. The van der Waals surface area contributed by atoms with Gasteiger partial charge >= 0.3 is 0 Å². The van der Waals surface area contributed by atoms with Gasteiger partial charge in [-0.25, -0.2) is 4.98 Å². The van der Waals surface area contributed by atoms with Crippen molar-refractivity contribution in [3.05, 3.63) is 33.5 Å². The maximum atomic E-state index is 10.6. The number of rotatable bonds is 4. The van der Waals surface area contributed by atoms with Crippen LogP contribution in [0.25, 0.3) is 6.08 Å². The minimum absolute atomic E-state index is 0.0125. The molecule has 0 fully saturated rings. The highest BCUT2D eigenvalue weighted by molar-refractivity contribution is 9.10. The summed E-state index contributed by atoms with van der Waals surface area (Å²) in [5.41, 5.74) is 0.975. The summed E-state index contributed by atoms with van der Waals surface area (Å²) < 4.78 is 0.896. The SMILES string of the molecule is CC(=O)NCCC=Cc1cc(Cl)ncc1Br. The molecule has 16 heavy (non-hydrogen) atoms. The van der Waals surface area contributed by atoms with Gasteiger partial charge < -0.3 is 5.32 Å². The average molecular weight is 304 g/mol. The highest BCUT2D eigenvalue weighted by Crippen LogP contribution is 2.20. The van der Waals surface area contributed by atoms with E-state index in [2.05, 4.69) is 26.2 Å². The first kappa shape index (κ1) is 13.2. The molecule has 0 aliphatic rings. The molecular formula is C11H12BrClN2O. The van der Waals surface area contributed by atoms with E-state index in [9.17, 15) is 4.79 Å². The van der Waals surface area contributed by atoms with Gasteiger partial charge in [-0.2, -0.15) is 0 Å². The number of nitrogens with zero attached hydrogens (tertiary/aromatic N) is 1. The Morgan fingerprint density at radius 2 is 2.44 bits per heavy atom. The number of halogens is 2. The van der Waals surface area contributed by atoms with Crippen LogP contribution in [-0.2, 0) is 4.79 Å². The smallest absolute Gasteiger partial charge is 0.216 e. The summed E-state index contributed by atoms with van der Waals surface area (Å²) in [6.45, 7) is 2.14. The van der Waals surface area contributed by atoms with Crippen molar-refractivity contribution in [1.82, 2.24) is 10.3 Å².